The van der Waals surface area contributed by atoms with Crippen LogP contribution in [0.25, 0.3) is 0 Å². The van der Waals surface area contributed by atoms with Gasteiger partial charge >= 0.3 is 6.03 Å². The van der Waals surface area contributed by atoms with Crippen molar-refractivity contribution in [2.45, 2.75) is 38.8 Å². The topological polar surface area (TPSA) is 56.7 Å². The van der Waals surface area contributed by atoms with Crippen LogP contribution in [-0.2, 0) is 0 Å². The van der Waals surface area contributed by atoms with E-state index in [4.69, 9.17) is 11.6 Å². The molecule has 0 bridgehead atoms. The van der Waals surface area contributed by atoms with E-state index in [1.165, 1.54) is 10.5 Å². The molecule has 0 aromatic heterocycles. The highest BCUT2D eigenvalue weighted by atomic mass is 35.5. The first-order valence-corrected chi connectivity index (χ1v) is 7.53. The van der Waals surface area contributed by atoms with Gasteiger partial charge in [-0.15, -0.1) is 0 Å². The van der Waals surface area contributed by atoms with Crippen molar-refractivity contribution < 1.29 is 9.18 Å². The van der Waals surface area contributed by atoms with E-state index in [2.05, 4.69) is 15.8 Å². The molecule has 21 heavy (non-hydrogen) atoms. The van der Waals surface area contributed by atoms with Crippen molar-refractivity contribution in [3.63, 3.8) is 0 Å². The second-order valence-electron chi connectivity index (χ2n) is 5.13. The normalized spacial score (nSPS) is 22.7. The quantitative estimate of drug-likeness (QED) is 0.787. The van der Waals surface area contributed by atoms with E-state index >= 15 is 0 Å². The van der Waals surface area contributed by atoms with Gasteiger partial charge in [0.1, 0.15) is 6.17 Å². The standard InChI is InChI=1S/C14H20ClFN4O/c1-2-10-5-6-17-13(12(15)8-10)18-19-14(21)20-7-3-4-11(16)9-20/h5-6,11,18H,2-4,7-9H2,1H3,(H,19,21). The zero-order valence-electron chi connectivity index (χ0n) is 12.0. The van der Waals surface area contributed by atoms with Gasteiger partial charge in [-0.05, 0) is 25.3 Å². The number of hydrazine groups is 1. The van der Waals surface area contributed by atoms with Gasteiger partial charge < -0.3 is 4.90 Å². The van der Waals surface area contributed by atoms with E-state index in [1.54, 1.807) is 6.21 Å². The molecule has 2 aliphatic heterocycles. The predicted molar refractivity (Wildman–Crippen MR) is 81.7 cm³/mol. The number of likely N-dealkylation sites (tertiary alicyclic amines) is 1. The second kappa shape index (κ2) is 7.45. The smallest absolute Gasteiger partial charge is 0.320 e. The molecule has 1 unspecified atom stereocenters. The van der Waals surface area contributed by atoms with E-state index < -0.39 is 6.17 Å². The molecule has 0 radical (unpaired) electrons. The molecule has 0 saturated carbocycles. The summed E-state index contributed by atoms with van der Waals surface area (Å²) in [5.74, 6) is 0.415. The summed E-state index contributed by atoms with van der Waals surface area (Å²) in [6.07, 6.45) is 5.32. The maximum absolute atomic E-state index is 13.3. The third-order valence-corrected chi connectivity index (χ3v) is 3.86. The van der Waals surface area contributed by atoms with Gasteiger partial charge in [-0.2, -0.15) is 0 Å². The van der Waals surface area contributed by atoms with Crippen LogP contribution >= 0.6 is 11.6 Å². The van der Waals surface area contributed by atoms with Gasteiger partial charge in [-0.25, -0.2) is 14.2 Å². The Kier molecular flexibility index (Phi) is 5.61. The summed E-state index contributed by atoms with van der Waals surface area (Å²) < 4.78 is 13.3. The van der Waals surface area contributed by atoms with Crippen LogP contribution in [-0.4, -0.2) is 36.4 Å². The zero-order chi connectivity index (χ0) is 15.2. The van der Waals surface area contributed by atoms with Crippen molar-refractivity contribution in [1.82, 2.24) is 15.8 Å². The minimum atomic E-state index is -0.945. The van der Waals surface area contributed by atoms with Gasteiger partial charge in [0.2, 0.25) is 0 Å². The molecule has 1 fully saturated rings. The van der Waals surface area contributed by atoms with Gasteiger partial charge in [0.15, 0.2) is 5.82 Å². The number of allylic oxidation sites excluding steroid dienone is 3. The SMILES string of the molecule is CCC1=CC=NC(NNC(=O)N2CCCC(F)C2)=C(Cl)C1. The Labute approximate surface area is 128 Å². The summed E-state index contributed by atoms with van der Waals surface area (Å²) >= 11 is 6.19. The minimum Gasteiger partial charge on any atom is -0.320 e. The molecule has 1 saturated heterocycles. The van der Waals surface area contributed by atoms with E-state index in [9.17, 15) is 9.18 Å². The molecule has 0 aromatic carbocycles. The highest BCUT2D eigenvalue weighted by Crippen LogP contribution is 2.22. The Morgan fingerprint density at radius 1 is 1.62 bits per heavy atom. The maximum Gasteiger partial charge on any atom is 0.336 e. The Bertz CT molecular complexity index is 489. The fraction of sp³-hybridized carbons (Fsp3) is 0.571. The van der Waals surface area contributed by atoms with Crippen LogP contribution in [0.3, 0.4) is 0 Å². The monoisotopic (exact) mass is 314 g/mol. The number of carbonyl (C=O) groups is 1. The first-order chi connectivity index (χ1) is 10.1. The summed E-state index contributed by atoms with van der Waals surface area (Å²) in [4.78, 5) is 17.6. The van der Waals surface area contributed by atoms with E-state index in [-0.39, 0.29) is 12.6 Å². The lowest BCUT2D eigenvalue weighted by Gasteiger charge is -2.29. The molecule has 0 aliphatic carbocycles. The van der Waals surface area contributed by atoms with Crippen molar-refractivity contribution in [1.29, 1.82) is 0 Å². The summed E-state index contributed by atoms with van der Waals surface area (Å²) in [7, 11) is 0. The van der Waals surface area contributed by atoms with Crippen LogP contribution in [0, 0.1) is 0 Å². The molecular formula is C14H20ClFN4O. The van der Waals surface area contributed by atoms with Crippen molar-refractivity contribution in [3.05, 3.63) is 22.5 Å². The number of rotatable bonds is 3. The lowest BCUT2D eigenvalue weighted by molar-refractivity contribution is 0.142. The van der Waals surface area contributed by atoms with Crippen molar-refractivity contribution in [2.75, 3.05) is 13.1 Å². The summed E-state index contributed by atoms with van der Waals surface area (Å²) in [6.45, 7) is 2.74. The molecule has 2 heterocycles. The van der Waals surface area contributed by atoms with Gasteiger partial charge in [-0.1, -0.05) is 24.1 Å². The van der Waals surface area contributed by atoms with Crippen molar-refractivity contribution in [2.24, 2.45) is 4.99 Å². The molecule has 2 aliphatic rings. The Morgan fingerprint density at radius 2 is 2.43 bits per heavy atom. The van der Waals surface area contributed by atoms with Crippen LogP contribution in [0.5, 0.6) is 0 Å². The number of hydrogen-bond donors (Lipinski definition) is 2. The fourth-order valence-corrected chi connectivity index (χ4v) is 2.54. The third kappa shape index (κ3) is 4.46. The van der Waals surface area contributed by atoms with Gasteiger partial charge in [0.25, 0.3) is 0 Å². The van der Waals surface area contributed by atoms with Crippen molar-refractivity contribution >= 4 is 23.8 Å². The third-order valence-electron chi connectivity index (χ3n) is 3.55. The number of carbonyl (C=O) groups excluding carboxylic acids is 1. The van der Waals surface area contributed by atoms with E-state index in [1.807, 2.05) is 13.0 Å². The largest absolute Gasteiger partial charge is 0.336 e. The molecule has 7 heteroatoms. The van der Waals surface area contributed by atoms with Crippen LogP contribution in [0.1, 0.15) is 32.6 Å². The Hall–Kier alpha value is -1.56. The highest BCUT2D eigenvalue weighted by Gasteiger charge is 2.23. The van der Waals surface area contributed by atoms with E-state index in [0.717, 1.165) is 6.42 Å². The minimum absolute atomic E-state index is 0.130. The lowest BCUT2D eigenvalue weighted by Crippen LogP contribution is -2.50. The molecule has 116 valence electrons. The number of halogens is 2. The molecule has 5 nitrogen and oxygen atoms in total. The molecular weight excluding hydrogens is 295 g/mol. The Morgan fingerprint density at radius 3 is 3.14 bits per heavy atom. The number of aliphatic imine (C=N–C) groups is 1. The summed E-state index contributed by atoms with van der Waals surface area (Å²) in [5, 5.41) is 0.541. The van der Waals surface area contributed by atoms with Crippen LogP contribution in [0.15, 0.2) is 27.5 Å². The zero-order valence-corrected chi connectivity index (χ0v) is 12.8. The van der Waals surface area contributed by atoms with Gasteiger partial charge in [-0.3, -0.25) is 10.9 Å². The summed E-state index contributed by atoms with van der Waals surface area (Å²) in [6, 6.07) is -0.363. The Balaban J connectivity index is 1.89. The van der Waals surface area contributed by atoms with Crippen LogP contribution in [0.4, 0.5) is 9.18 Å². The molecule has 2 N–H and O–H groups in total. The lowest BCUT2D eigenvalue weighted by atomic mass is 10.1. The fourth-order valence-electron chi connectivity index (χ4n) is 2.27. The average molecular weight is 315 g/mol. The molecule has 0 spiro atoms. The van der Waals surface area contributed by atoms with E-state index in [0.29, 0.717) is 36.7 Å². The number of nitrogens with one attached hydrogen (secondary N) is 2. The molecule has 0 aromatic rings. The number of hydrogen-bond acceptors (Lipinski definition) is 3. The van der Waals surface area contributed by atoms with Crippen LogP contribution < -0.4 is 10.9 Å². The number of urea groups is 1. The molecule has 2 amide bonds. The number of alkyl halides is 1. The molecule has 2 rings (SSSR count). The maximum atomic E-state index is 13.3. The van der Waals surface area contributed by atoms with Gasteiger partial charge in [0, 0.05) is 19.2 Å². The average Bonchev–Trinajstić information content (AvgIpc) is 2.66. The predicted octanol–water partition coefficient (Wildman–Crippen LogP) is 2.85. The van der Waals surface area contributed by atoms with Crippen LogP contribution in [0.2, 0.25) is 0 Å². The van der Waals surface area contributed by atoms with Gasteiger partial charge in [0.05, 0.1) is 11.6 Å². The highest BCUT2D eigenvalue weighted by molar-refractivity contribution is 6.30. The first kappa shape index (κ1) is 15.8. The molecule has 1 atom stereocenters. The number of amides is 2. The second-order valence-corrected chi connectivity index (χ2v) is 5.58. The van der Waals surface area contributed by atoms with Crippen molar-refractivity contribution in [3.8, 4) is 0 Å². The number of nitrogens with zero attached hydrogens (tertiary/aromatic N) is 2. The summed E-state index contributed by atoms with van der Waals surface area (Å²) in [5.41, 5.74) is 6.42. The first-order valence-electron chi connectivity index (χ1n) is 7.16. The number of piperidine rings is 1.